The van der Waals surface area contributed by atoms with Crippen molar-refractivity contribution in [1.29, 1.82) is 0 Å². The summed E-state index contributed by atoms with van der Waals surface area (Å²) in [5.74, 6) is 1.39. The molecule has 0 amide bonds. The highest BCUT2D eigenvalue weighted by Crippen LogP contribution is 2.33. The first-order chi connectivity index (χ1) is 17.7. The maximum absolute atomic E-state index is 6.09. The van der Waals surface area contributed by atoms with Crippen molar-refractivity contribution >= 4 is 33.5 Å². The molecule has 5 aromatic rings. The van der Waals surface area contributed by atoms with Crippen LogP contribution in [0.5, 0.6) is 5.75 Å². The maximum Gasteiger partial charge on any atom is 0.135 e. The van der Waals surface area contributed by atoms with Crippen molar-refractivity contribution in [3.8, 4) is 11.4 Å². The van der Waals surface area contributed by atoms with Crippen LogP contribution in [0.15, 0.2) is 140 Å². The van der Waals surface area contributed by atoms with Crippen LogP contribution >= 0.6 is 0 Å². The minimum atomic E-state index is 0.601. The Hall–Kier alpha value is -4.82. The molecule has 0 atom stereocenters. The van der Waals surface area contributed by atoms with E-state index < -0.39 is 0 Å². The fraction of sp³-hybridized carbons (Fsp3) is 0. The average molecular weight is 464 g/mol. The molecular formula is C34H25NO. The third-order valence-electron chi connectivity index (χ3n) is 6.67. The molecule has 1 aliphatic heterocycles. The molecule has 0 unspecified atom stereocenters. The lowest BCUT2D eigenvalue weighted by Crippen LogP contribution is -2.32. The van der Waals surface area contributed by atoms with Crippen LogP contribution in [0.4, 0.5) is 0 Å². The first-order valence-corrected chi connectivity index (χ1v) is 12.0. The summed E-state index contributed by atoms with van der Waals surface area (Å²) in [7, 11) is 0. The summed E-state index contributed by atoms with van der Waals surface area (Å²) in [6.45, 7) is 12.0. The second-order valence-electron chi connectivity index (χ2n) is 8.79. The Balaban J connectivity index is 1.63. The predicted octanol–water partition coefficient (Wildman–Crippen LogP) is 6.97. The second-order valence-corrected chi connectivity index (χ2v) is 8.79. The van der Waals surface area contributed by atoms with Gasteiger partial charge >= 0.3 is 0 Å². The van der Waals surface area contributed by atoms with Gasteiger partial charge in [0, 0.05) is 27.3 Å². The van der Waals surface area contributed by atoms with Gasteiger partial charge in [-0.1, -0.05) is 92.6 Å². The van der Waals surface area contributed by atoms with Crippen LogP contribution in [-0.2, 0) is 0 Å². The summed E-state index contributed by atoms with van der Waals surface area (Å²) >= 11 is 0. The zero-order valence-corrected chi connectivity index (χ0v) is 19.9. The van der Waals surface area contributed by atoms with E-state index in [0.717, 1.165) is 38.6 Å². The van der Waals surface area contributed by atoms with E-state index in [-0.39, 0.29) is 0 Å². The summed E-state index contributed by atoms with van der Waals surface area (Å²) in [5.41, 5.74) is 6.55. The van der Waals surface area contributed by atoms with Gasteiger partial charge in [0.2, 0.25) is 0 Å². The van der Waals surface area contributed by atoms with Crippen molar-refractivity contribution in [3.05, 3.63) is 156 Å². The fourth-order valence-corrected chi connectivity index (χ4v) is 5.14. The Kier molecular flexibility index (Phi) is 5.28. The van der Waals surface area contributed by atoms with Gasteiger partial charge in [0.15, 0.2) is 0 Å². The number of benzene rings is 4. The number of allylic oxidation sites excluding steroid dienone is 4. The smallest absolute Gasteiger partial charge is 0.135 e. The van der Waals surface area contributed by atoms with Crippen LogP contribution in [0.2, 0.25) is 0 Å². The molecule has 0 radical (unpaired) electrons. The molecule has 2 heterocycles. The van der Waals surface area contributed by atoms with E-state index in [2.05, 4.69) is 103 Å². The lowest BCUT2D eigenvalue weighted by Gasteiger charge is -2.20. The van der Waals surface area contributed by atoms with E-state index in [1.54, 1.807) is 6.08 Å². The SMILES string of the molecule is C=C/C=C1\C(=C)Oc2ccc/c(=C\c3ccc4c(c3)c3ccccc3n4-c3ccccc3)c2=C1C=C. The van der Waals surface area contributed by atoms with Crippen LogP contribution in [0, 0.1) is 0 Å². The molecule has 1 aliphatic rings. The topological polar surface area (TPSA) is 14.2 Å². The van der Waals surface area contributed by atoms with Gasteiger partial charge in [0.25, 0.3) is 0 Å². The summed E-state index contributed by atoms with van der Waals surface area (Å²) in [6.07, 6.45) is 7.75. The molecule has 0 spiro atoms. The summed E-state index contributed by atoms with van der Waals surface area (Å²) in [5, 5.41) is 4.53. The van der Waals surface area contributed by atoms with Gasteiger partial charge in [-0.3, -0.25) is 0 Å². The third kappa shape index (κ3) is 3.43. The summed E-state index contributed by atoms with van der Waals surface area (Å²) in [6, 6.07) is 31.8. The molecule has 2 nitrogen and oxygen atoms in total. The predicted molar refractivity (Wildman–Crippen MR) is 152 cm³/mol. The Labute approximate surface area is 210 Å². The largest absolute Gasteiger partial charge is 0.457 e. The number of hydrogen-bond acceptors (Lipinski definition) is 1. The Morgan fingerprint density at radius 3 is 2.33 bits per heavy atom. The van der Waals surface area contributed by atoms with Gasteiger partial charge < -0.3 is 9.30 Å². The zero-order valence-electron chi connectivity index (χ0n) is 19.9. The third-order valence-corrected chi connectivity index (χ3v) is 6.67. The van der Waals surface area contributed by atoms with E-state index in [0.29, 0.717) is 5.76 Å². The second kappa shape index (κ2) is 8.75. The van der Waals surface area contributed by atoms with E-state index in [4.69, 9.17) is 4.74 Å². The molecule has 0 aliphatic carbocycles. The molecule has 6 rings (SSSR count). The van der Waals surface area contributed by atoms with Crippen molar-refractivity contribution in [2.75, 3.05) is 0 Å². The molecule has 0 saturated heterocycles. The minimum Gasteiger partial charge on any atom is -0.457 e. The lowest BCUT2D eigenvalue weighted by atomic mass is 9.96. The van der Waals surface area contributed by atoms with E-state index in [1.807, 2.05) is 30.4 Å². The van der Waals surface area contributed by atoms with Gasteiger partial charge in [-0.05, 0) is 58.8 Å². The minimum absolute atomic E-state index is 0.601. The summed E-state index contributed by atoms with van der Waals surface area (Å²) < 4.78 is 8.41. The van der Waals surface area contributed by atoms with Gasteiger partial charge in [0.1, 0.15) is 11.5 Å². The van der Waals surface area contributed by atoms with Crippen molar-refractivity contribution in [3.63, 3.8) is 0 Å². The van der Waals surface area contributed by atoms with Crippen LogP contribution in [0.1, 0.15) is 5.56 Å². The standard InChI is InChI=1S/C34H25NO/c1-4-12-28-23(3)36-33-18-11-13-25(34(33)27(28)5-2)21-24-19-20-32-30(22-24)29-16-9-10-17-31(29)35(32)26-14-7-6-8-15-26/h4-22H,1-3H2/b25-21+,28-12+. The van der Waals surface area contributed by atoms with Crippen LogP contribution in [-0.4, -0.2) is 4.57 Å². The molecule has 4 aromatic carbocycles. The summed E-state index contributed by atoms with van der Waals surface area (Å²) in [4.78, 5) is 0. The monoisotopic (exact) mass is 463 g/mol. The number of aromatic nitrogens is 1. The average Bonchev–Trinajstić information content (AvgIpc) is 3.24. The molecule has 1 aromatic heterocycles. The molecule has 172 valence electrons. The number of rotatable bonds is 4. The lowest BCUT2D eigenvalue weighted by molar-refractivity contribution is 0.432. The van der Waals surface area contributed by atoms with Gasteiger partial charge in [-0.15, -0.1) is 0 Å². The maximum atomic E-state index is 6.09. The van der Waals surface area contributed by atoms with E-state index >= 15 is 0 Å². The highest BCUT2D eigenvalue weighted by atomic mass is 16.5. The molecule has 0 N–H and O–H groups in total. The highest BCUT2D eigenvalue weighted by Gasteiger charge is 2.18. The molecule has 0 fully saturated rings. The molecule has 0 saturated carbocycles. The van der Waals surface area contributed by atoms with Gasteiger partial charge in [0.05, 0.1) is 11.0 Å². The first kappa shape index (κ1) is 21.7. The van der Waals surface area contributed by atoms with Crippen LogP contribution < -0.4 is 15.2 Å². The number of nitrogens with zero attached hydrogens (tertiary/aromatic N) is 1. The number of fused-ring (bicyclic) bond motifs is 4. The van der Waals surface area contributed by atoms with Crippen LogP contribution in [0.3, 0.4) is 0 Å². The molecule has 2 heteroatoms. The van der Waals surface area contributed by atoms with E-state index in [1.165, 1.54) is 21.8 Å². The first-order valence-electron chi connectivity index (χ1n) is 12.0. The Morgan fingerprint density at radius 1 is 0.750 bits per heavy atom. The van der Waals surface area contributed by atoms with Crippen LogP contribution in [0.25, 0.3) is 39.1 Å². The molecule has 0 bridgehead atoms. The Bertz CT molecular complexity index is 1850. The van der Waals surface area contributed by atoms with Crippen molar-refractivity contribution in [2.24, 2.45) is 0 Å². The van der Waals surface area contributed by atoms with Crippen molar-refractivity contribution < 1.29 is 4.74 Å². The normalized spacial score (nSPS) is 14.8. The van der Waals surface area contributed by atoms with E-state index in [9.17, 15) is 0 Å². The molecular weight excluding hydrogens is 438 g/mol. The van der Waals surface area contributed by atoms with Crippen molar-refractivity contribution in [1.82, 2.24) is 4.57 Å². The highest BCUT2D eigenvalue weighted by molar-refractivity contribution is 6.09. The molecule has 36 heavy (non-hydrogen) atoms. The quantitative estimate of drug-likeness (QED) is 0.281. The fourth-order valence-electron chi connectivity index (χ4n) is 5.14. The van der Waals surface area contributed by atoms with Crippen molar-refractivity contribution in [2.45, 2.75) is 0 Å². The van der Waals surface area contributed by atoms with Gasteiger partial charge in [-0.2, -0.15) is 0 Å². The zero-order chi connectivity index (χ0) is 24.6. The number of hydrogen-bond donors (Lipinski definition) is 0. The van der Waals surface area contributed by atoms with Gasteiger partial charge in [-0.25, -0.2) is 0 Å². The number of ether oxygens (including phenoxy) is 1. The Morgan fingerprint density at radius 2 is 1.53 bits per heavy atom. The number of para-hydroxylation sites is 2.